The molecule has 1 saturated heterocycles. The molecule has 1 aliphatic heterocycles. The number of piperazine rings is 1. The first-order valence-electron chi connectivity index (χ1n) is 6.35. The third-order valence-electron chi connectivity index (χ3n) is 3.25. The number of hydrogen-bond acceptors (Lipinski definition) is 3. The van der Waals surface area contributed by atoms with Crippen molar-refractivity contribution in [3.8, 4) is 0 Å². The average Bonchev–Trinajstić information content (AvgIpc) is 2.36. The van der Waals surface area contributed by atoms with Crippen molar-refractivity contribution in [2.75, 3.05) is 40.3 Å². The Morgan fingerprint density at radius 2 is 1.50 bits per heavy atom. The van der Waals surface area contributed by atoms with Crippen molar-refractivity contribution in [3.05, 3.63) is 0 Å². The minimum atomic E-state index is -0.443. The number of carbonyl (C=O) groups is 2. The van der Waals surface area contributed by atoms with Gasteiger partial charge in [0.1, 0.15) is 0 Å². The molecular weight excluding hydrogens is 232 g/mol. The fourth-order valence-electron chi connectivity index (χ4n) is 1.90. The van der Waals surface area contributed by atoms with Gasteiger partial charge in [0.05, 0.1) is 6.04 Å². The van der Waals surface area contributed by atoms with Crippen LogP contribution in [0.2, 0.25) is 0 Å². The zero-order valence-electron chi connectivity index (χ0n) is 11.7. The summed E-state index contributed by atoms with van der Waals surface area (Å²) in [5, 5.41) is 0. The fourth-order valence-corrected chi connectivity index (χ4v) is 1.90. The van der Waals surface area contributed by atoms with Crippen molar-refractivity contribution >= 4 is 11.9 Å². The van der Waals surface area contributed by atoms with E-state index in [1.54, 1.807) is 28.8 Å². The van der Waals surface area contributed by atoms with Gasteiger partial charge >= 0.3 is 6.03 Å². The molecule has 0 aromatic heterocycles. The molecule has 18 heavy (non-hydrogen) atoms. The number of nitrogens with two attached hydrogens (primary N) is 1. The summed E-state index contributed by atoms with van der Waals surface area (Å²) in [4.78, 5) is 28.8. The number of rotatable bonds is 2. The van der Waals surface area contributed by atoms with Gasteiger partial charge in [0, 0.05) is 40.3 Å². The first-order chi connectivity index (χ1) is 8.34. The van der Waals surface area contributed by atoms with Gasteiger partial charge in [0.25, 0.3) is 0 Å². The fraction of sp³-hybridized carbons (Fsp3) is 0.833. The number of amides is 3. The van der Waals surface area contributed by atoms with Crippen LogP contribution in [0.5, 0.6) is 0 Å². The smallest absolute Gasteiger partial charge is 0.319 e. The molecule has 0 aliphatic carbocycles. The highest BCUT2D eigenvalue weighted by Gasteiger charge is 2.28. The van der Waals surface area contributed by atoms with Gasteiger partial charge in [-0.15, -0.1) is 0 Å². The molecule has 0 unspecified atom stereocenters. The standard InChI is InChI=1S/C12H24N4O2/c1-9(2)10(13)11(17)15-5-7-16(8-6-15)12(18)14(3)4/h9-10H,5-8,13H2,1-4H3/t10-/m1/s1. The quantitative estimate of drug-likeness (QED) is 0.743. The zero-order valence-corrected chi connectivity index (χ0v) is 11.7. The van der Waals surface area contributed by atoms with Crippen molar-refractivity contribution in [2.24, 2.45) is 11.7 Å². The minimum Gasteiger partial charge on any atom is -0.338 e. The summed E-state index contributed by atoms with van der Waals surface area (Å²) < 4.78 is 0. The van der Waals surface area contributed by atoms with E-state index in [1.165, 1.54) is 0 Å². The molecule has 1 heterocycles. The molecular formula is C12H24N4O2. The van der Waals surface area contributed by atoms with E-state index in [-0.39, 0.29) is 17.9 Å². The Balaban J connectivity index is 2.49. The Morgan fingerprint density at radius 3 is 1.89 bits per heavy atom. The largest absolute Gasteiger partial charge is 0.338 e. The van der Waals surface area contributed by atoms with Crippen molar-refractivity contribution in [3.63, 3.8) is 0 Å². The maximum Gasteiger partial charge on any atom is 0.319 e. The van der Waals surface area contributed by atoms with E-state index >= 15 is 0 Å². The van der Waals surface area contributed by atoms with Crippen LogP contribution in [0.25, 0.3) is 0 Å². The van der Waals surface area contributed by atoms with Gasteiger partial charge in [-0.1, -0.05) is 13.8 Å². The van der Waals surface area contributed by atoms with Gasteiger partial charge in [-0.05, 0) is 5.92 Å². The van der Waals surface area contributed by atoms with Crippen LogP contribution in [0.15, 0.2) is 0 Å². The molecule has 6 heteroatoms. The van der Waals surface area contributed by atoms with E-state index in [1.807, 2.05) is 13.8 Å². The predicted molar refractivity (Wildman–Crippen MR) is 70.0 cm³/mol. The molecule has 3 amide bonds. The minimum absolute atomic E-state index is 0.00439. The molecule has 0 aromatic carbocycles. The van der Waals surface area contributed by atoms with Gasteiger partial charge in [0.15, 0.2) is 0 Å². The maximum absolute atomic E-state index is 12.0. The summed E-state index contributed by atoms with van der Waals surface area (Å²) in [6.07, 6.45) is 0. The topological polar surface area (TPSA) is 69.9 Å². The Labute approximate surface area is 109 Å². The molecule has 104 valence electrons. The number of urea groups is 1. The molecule has 0 saturated carbocycles. The first-order valence-corrected chi connectivity index (χ1v) is 6.35. The van der Waals surface area contributed by atoms with E-state index in [0.717, 1.165) is 0 Å². The normalized spacial score (nSPS) is 17.9. The summed E-state index contributed by atoms with van der Waals surface area (Å²) in [6, 6.07) is -0.448. The van der Waals surface area contributed by atoms with Gasteiger partial charge in [-0.2, -0.15) is 0 Å². The second kappa shape index (κ2) is 6.04. The summed E-state index contributed by atoms with van der Waals surface area (Å²) in [5.41, 5.74) is 5.85. The second-order valence-electron chi connectivity index (χ2n) is 5.26. The highest BCUT2D eigenvalue weighted by Crippen LogP contribution is 2.08. The SMILES string of the molecule is CC(C)[C@@H](N)C(=O)N1CCN(C(=O)N(C)C)CC1. The molecule has 0 radical (unpaired) electrons. The van der Waals surface area contributed by atoms with Crippen LogP contribution in [0.1, 0.15) is 13.8 Å². The highest BCUT2D eigenvalue weighted by atomic mass is 16.2. The molecule has 1 fully saturated rings. The lowest BCUT2D eigenvalue weighted by molar-refractivity contribution is -0.135. The van der Waals surface area contributed by atoms with E-state index in [2.05, 4.69) is 0 Å². The lowest BCUT2D eigenvalue weighted by Crippen LogP contribution is -2.56. The third kappa shape index (κ3) is 3.35. The number of nitrogens with zero attached hydrogens (tertiary/aromatic N) is 3. The molecule has 2 N–H and O–H groups in total. The Morgan fingerprint density at radius 1 is 1.06 bits per heavy atom. The van der Waals surface area contributed by atoms with Gasteiger partial charge in [-0.25, -0.2) is 4.79 Å². The predicted octanol–water partition coefficient (Wildman–Crippen LogP) is -0.204. The first kappa shape index (κ1) is 14.8. The zero-order chi connectivity index (χ0) is 13.9. The number of hydrogen-bond donors (Lipinski definition) is 1. The van der Waals surface area contributed by atoms with Crippen LogP contribution >= 0.6 is 0 Å². The van der Waals surface area contributed by atoms with Crippen molar-refractivity contribution in [2.45, 2.75) is 19.9 Å². The lowest BCUT2D eigenvalue weighted by Gasteiger charge is -2.37. The lowest BCUT2D eigenvalue weighted by atomic mass is 10.0. The van der Waals surface area contributed by atoms with Gasteiger partial charge in [0.2, 0.25) is 5.91 Å². The Hall–Kier alpha value is -1.30. The Bertz CT molecular complexity index is 309. The second-order valence-corrected chi connectivity index (χ2v) is 5.26. The molecule has 1 aliphatic rings. The van der Waals surface area contributed by atoms with Crippen LogP contribution in [0.3, 0.4) is 0 Å². The van der Waals surface area contributed by atoms with Crippen LogP contribution < -0.4 is 5.73 Å². The third-order valence-corrected chi connectivity index (χ3v) is 3.25. The van der Waals surface area contributed by atoms with Crippen molar-refractivity contribution in [1.29, 1.82) is 0 Å². The van der Waals surface area contributed by atoms with E-state index in [0.29, 0.717) is 26.2 Å². The molecule has 6 nitrogen and oxygen atoms in total. The molecule has 0 spiro atoms. The molecule has 1 rings (SSSR count). The van der Waals surface area contributed by atoms with E-state index in [9.17, 15) is 9.59 Å². The van der Waals surface area contributed by atoms with Crippen LogP contribution in [-0.2, 0) is 4.79 Å². The summed E-state index contributed by atoms with van der Waals surface area (Å²) in [6.45, 7) is 6.17. The summed E-state index contributed by atoms with van der Waals surface area (Å²) in [5.74, 6) is 0.126. The number of carbonyl (C=O) groups excluding carboxylic acids is 2. The van der Waals surface area contributed by atoms with Crippen molar-refractivity contribution < 1.29 is 9.59 Å². The van der Waals surface area contributed by atoms with Gasteiger partial charge in [-0.3, -0.25) is 4.79 Å². The van der Waals surface area contributed by atoms with Crippen LogP contribution in [0, 0.1) is 5.92 Å². The van der Waals surface area contributed by atoms with E-state index < -0.39 is 6.04 Å². The molecule has 0 aromatic rings. The Kier molecular flexibility index (Phi) is 4.95. The van der Waals surface area contributed by atoms with Crippen molar-refractivity contribution in [1.82, 2.24) is 14.7 Å². The van der Waals surface area contributed by atoms with Crippen LogP contribution in [-0.4, -0.2) is 73.0 Å². The summed E-state index contributed by atoms with van der Waals surface area (Å²) >= 11 is 0. The maximum atomic E-state index is 12.0. The molecule has 0 bridgehead atoms. The van der Waals surface area contributed by atoms with Gasteiger partial charge < -0.3 is 20.4 Å². The van der Waals surface area contributed by atoms with E-state index in [4.69, 9.17) is 5.73 Å². The monoisotopic (exact) mass is 256 g/mol. The highest BCUT2D eigenvalue weighted by molar-refractivity contribution is 5.82. The summed E-state index contributed by atoms with van der Waals surface area (Å²) in [7, 11) is 3.46. The molecule has 1 atom stereocenters. The van der Waals surface area contributed by atoms with Crippen LogP contribution in [0.4, 0.5) is 4.79 Å². The average molecular weight is 256 g/mol.